The van der Waals surface area contributed by atoms with E-state index in [2.05, 4.69) is 44.9 Å². The van der Waals surface area contributed by atoms with Gasteiger partial charge in [-0.1, -0.05) is 13.8 Å². The number of aryl methyl sites for hydroxylation is 2. The Morgan fingerprint density at radius 1 is 1.38 bits per heavy atom. The van der Waals surface area contributed by atoms with Gasteiger partial charge in [0.1, 0.15) is 5.76 Å². The summed E-state index contributed by atoms with van der Waals surface area (Å²) in [6.45, 7) is 6.32. The maximum Gasteiger partial charge on any atom is 0.103 e. The number of nitrogens with one attached hydrogen (secondary N) is 1. The molecule has 0 saturated heterocycles. The lowest BCUT2D eigenvalue weighted by Crippen LogP contribution is -2.26. The molecular weight excluding hydrogens is 330 g/mol. The van der Waals surface area contributed by atoms with Crippen LogP contribution in [0.25, 0.3) is 0 Å². The molecule has 0 aliphatic carbocycles. The second-order valence-electron chi connectivity index (χ2n) is 5.23. The zero-order chi connectivity index (χ0) is 15.1. The van der Waals surface area contributed by atoms with E-state index in [1.54, 1.807) is 6.26 Å². The Kier molecular flexibility index (Phi) is 6.51. The summed E-state index contributed by atoms with van der Waals surface area (Å²) in [6, 6.07) is 4.27. The third kappa shape index (κ3) is 4.45. The monoisotopic (exact) mass is 353 g/mol. The highest BCUT2D eigenvalue weighted by Gasteiger charge is 2.19. The summed E-state index contributed by atoms with van der Waals surface area (Å²) >= 11 is 3.65. The third-order valence-electron chi connectivity index (χ3n) is 3.50. The number of halogens is 1. The molecule has 0 radical (unpaired) electrons. The van der Waals surface area contributed by atoms with Crippen LogP contribution in [0.4, 0.5) is 0 Å². The number of hydrogen-bond donors (Lipinski definition) is 1. The highest BCUT2D eigenvalue weighted by molar-refractivity contribution is 9.10. The van der Waals surface area contributed by atoms with Crippen LogP contribution in [0.15, 0.2) is 33.5 Å². The molecule has 0 spiro atoms. The van der Waals surface area contributed by atoms with E-state index in [0.717, 1.165) is 49.0 Å². The molecule has 1 atom stereocenters. The number of aromatic nitrogens is 2. The van der Waals surface area contributed by atoms with E-state index in [-0.39, 0.29) is 0 Å². The van der Waals surface area contributed by atoms with Crippen LogP contribution in [0, 0.1) is 0 Å². The van der Waals surface area contributed by atoms with E-state index >= 15 is 0 Å². The predicted octanol–water partition coefficient (Wildman–Crippen LogP) is 4.32. The van der Waals surface area contributed by atoms with Gasteiger partial charge in [0, 0.05) is 13.0 Å². The summed E-state index contributed by atoms with van der Waals surface area (Å²) in [7, 11) is 0. The van der Waals surface area contributed by atoms with E-state index in [9.17, 15) is 0 Å². The van der Waals surface area contributed by atoms with Gasteiger partial charge < -0.3 is 9.73 Å². The van der Waals surface area contributed by atoms with E-state index < -0.39 is 0 Å². The summed E-state index contributed by atoms with van der Waals surface area (Å²) < 4.78 is 8.65. The molecule has 2 aromatic heterocycles. The van der Waals surface area contributed by atoms with Crippen molar-refractivity contribution in [2.75, 3.05) is 6.54 Å². The van der Waals surface area contributed by atoms with Gasteiger partial charge in [-0.15, -0.1) is 0 Å². The van der Waals surface area contributed by atoms with E-state index in [0.29, 0.717) is 6.04 Å². The van der Waals surface area contributed by atoms with Gasteiger partial charge >= 0.3 is 0 Å². The van der Waals surface area contributed by atoms with Gasteiger partial charge in [-0.2, -0.15) is 5.10 Å². The normalized spacial score (nSPS) is 12.7. The summed E-state index contributed by atoms with van der Waals surface area (Å²) in [5.74, 6) is 1.04. The number of rotatable bonds is 9. The van der Waals surface area contributed by atoms with Gasteiger partial charge in [0.25, 0.3) is 0 Å². The van der Waals surface area contributed by atoms with Crippen molar-refractivity contribution in [3.8, 4) is 0 Å². The minimum absolute atomic E-state index is 0.290. The standard InChI is InChI=1S/C16H24BrN3O/c1-3-9-18-15(8-7-13-6-5-11-21-13)16-14(17)12-19-20(16)10-4-2/h5-6,11-12,15,18H,3-4,7-10H2,1-2H3. The van der Waals surface area contributed by atoms with Crippen LogP contribution >= 0.6 is 15.9 Å². The van der Waals surface area contributed by atoms with Crippen LogP contribution in [0.3, 0.4) is 0 Å². The van der Waals surface area contributed by atoms with Crippen molar-refractivity contribution in [1.82, 2.24) is 15.1 Å². The molecule has 2 rings (SSSR count). The van der Waals surface area contributed by atoms with Crippen molar-refractivity contribution in [3.63, 3.8) is 0 Å². The third-order valence-corrected chi connectivity index (χ3v) is 4.11. The molecule has 1 N–H and O–H groups in total. The average Bonchev–Trinajstić information content (AvgIpc) is 3.11. The van der Waals surface area contributed by atoms with Gasteiger partial charge in [-0.05, 0) is 53.9 Å². The molecule has 0 saturated carbocycles. The molecule has 116 valence electrons. The molecule has 0 amide bonds. The Morgan fingerprint density at radius 3 is 2.90 bits per heavy atom. The largest absolute Gasteiger partial charge is 0.469 e. The van der Waals surface area contributed by atoms with Crippen LogP contribution in [0.1, 0.15) is 50.6 Å². The first-order chi connectivity index (χ1) is 10.3. The van der Waals surface area contributed by atoms with Crippen LogP contribution in [-0.4, -0.2) is 16.3 Å². The Bertz CT molecular complexity index is 522. The lowest BCUT2D eigenvalue weighted by atomic mass is 10.1. The predicted molar refractivity (Wildman–Crippen MR) is 88.3 cm³/mol. The zero-order valence-electron chi connectivity index (χ0n) is 12.8. The average molecular weight is 354 g/mol. The van der Waals surface area contributed by atoms with Crippen LogP contribution in [0.5, 0.6) is 0 Å². The first-order valence-corrected chi connectivity index (χ1v) is 8.52. The fourth-order valence-electron chi connectivity index (χ4n) is 2.50. The molecule has 2 aromatic rings. The van der Waals surface area contributed by atoms with Crippen molar-refractivity contribution >= 4 is 15.9 Å². The van der Waals surface area contributed by atoms with E-state index in [1.165, 1.54) is 5.69 Å². The second-order valence-corrected chi connectivity index (χ2v) is 6.08. The Balaban J connectivity index is 2.12. The topological polar surface area (TPSA) is 43.0 Å². The summed E-state index contributed by atoms with van der Waals surface area (Å²) in [5, 5.41) is 8.13. The molecule has 0 aliphatic rings. The van der Waals surface area contributed by atoms with Gasteiger partial charge in [0.05, 0.1) is 28.7 Å². The van der Waals surface area contributed by atoms with Crippen molar-refractivity contribution in [2.45, 2.75) is 52.1 Å². The van der Waals surface area contributed by atoms with Crippen molar-refractivity contribution < 1.29 is 4.42 Å². The molecule has 21 heavy (non-hydrogen) atoms. The SMILES string of the molecule is CCCNC(CCc1ccco1)c1c(Br)cnn1CCC. The highest BCUT2D eigenvalue weighted by Crippen LogP contribution is 2.27. The van der Waals surface area contributed by atoms with Gasteiger partial charge in [-0.3, -0.25) is 4.68 Å². The van der Waals surface area contributed by atoms with E-state index in [4.69, 9.17) is 4.42 Å². The van der Waals surface area contributed by atoms with Crippen LogP contribution < -0.4 is 5.32 Å². The number of furan rings is 1. The highest BCUT2D eigenvalue weighted by atomic mass is 79.9. The molecule has 0 bridgehead atoms. The summed E-state index contributed by atoms with van der Waals surface area (Å²) in [5.41, 5.74) is 1.25. The van der Waals surface area contributed by atoms with Crippen molar-refractivity contribution in [3.05, 3.63) is 40.5 Å². The first kappa shape index (κ1) is 16.3. The maximum atomic E-state index is 5.45. The summed E-state index contributed by atoms with van der Waals surface area (Å²) in [4.78, 5) is 0. The second kappa shape index (κ2) is 8.39. The lowest BCUT2D eigenvalue weighted by molar-refractivity contribution is 0.424. The van der Waals surface area contributed by atoms with Crippen LogP contribution in [0.2, 0.25) is 0 Å². The molecule has 1 unspecified atom stereocenters. The number of hydrogen-bond acceptors (Lipinski definition) is 3. The van der Waals surface area contributed by atoms with Gasteiger partial charge in [0.15, 0.2) is 0 Å². The summed E-state index contributed by atoms with van der Waals surface area (Å²) in [6.07, 6.45) is 7.77. The molecule has 5 heteroatoms. The first-order valence-electron chi connectivity index (χ1n) is 7.73. The van der Waals surface area contributed by atoms with E-state index in [1.807, 2.05) is 18.3 Å². The van der Waals surface area contributed by atoms with Crippen molar-refractivity contribution in [2.24, 2.45) is 0 Å². The maximum absolute atomic E-state index is 5.45. The molecule has 2 heterocycles. The fourth-order valence-corrected chi connectivity index (χ4v) is 3.08. The molecule has 4 nitrogen and oxygen atoms in total. The van der Waals surface area contributed by atoms with Crippen LogP contribution in [-0.2, 0) is 13.0 Å². The fraction of sp³-hybridized carbons (Fsp3) is 0.562. The Labute approximate surface area is 135 Å². The Morgan fingerprint density at radius 2 is 2.24 bits per heavy atom. The van der Waals surface area contributed by atoms with Gasteiger partial charge in [-0.25, -0.2) is 0 Å². The number of nitrogens with zero attached hydrogens (tertiary/aromatic N) is 2. The minimum atomic E-state index is 0.290. The molecular formula is C16H24BrN3O. The van der Waals surface area contributed by atoms with Gasteiger partial charge in [0.2, 0.25) is 0 Å². The molecule has 0 fully saturated rings. The molecule has 0 aromatic carbocycles. The minimum Gasteiger partial charge on any atom is -0.469 e. The quantitative estimate of drug-likeness (QED) is 0.729. The zero-order valence-corrected chi connectivity index (χ0v) is 14.4. The van der Waals surface area contributed by atoms with Crippen molar-refractivity contribution in [1.29, 1.82) is 0 Å². The Hall–Kier alpha value is -1.07. The smallest absolute Gasteiger partial charge is 0.103 e. The lowest BCUT2D eigenvalue weighted by Gasteiger charge is -2.20. The molecule has 0 aliphatic heterocycles.